The largest absolute Gasteiger partial charge is 0.337 e. The van der Waals surface area contributed by atoms with Gasteiger partial charge in [0, 0.05) is 12.6 Å². The van der Waals surface area contributed by atoms with Crippen molar-refractivity contribution in [3.8, 4) is 11.4 Å². The second-order valence-electron chi connectivity index (χ2n) is 6.70. The van der Waals surface area contributed by atoms with Gasteiger partial charge in [0.25, 0.3) is 5.56 Å². The number of amides is 1. The number of nitrogens with zero attached hydrogens (tertiary/aromatic N) is 4. The van der Waals surface area contributed by atoms with Crippen LogP contribution in [-0.2, 0) is 17.9 Å². The number of nitrogens with one attached hydrogen (secondary N) is 2. The number of H-pyrrole nitrogens is 2. The average molecular weight is 427 g/mol. The zero-order valence-electron chi connectivity index (χ0n) is 15.8. The van der Waals surface area contributed by atoms with E-state index in [1.54, 1.807) is 17.7 Å². The minimum atomic E-state index is -0.195. The van der Waals surface area contributed by atoms with Gasteiger partial charge in [-0.3, -0.25) is 19.3 Å². The van der Waals surface area contributed by atoms with Crippen LogP contribution < -0.4 is 5.56 Å². The molecule has 1 amide bonds. The number of rotatable bonds is 5. The summed E-state index contributed by atoms with van der Waals surface area (Å²) in [5, 5.41) is 8.84. The molecule has 4 aromatic rings. The summed E-state index contributed by atoms with van der Waals surface area (Å²) in [5.74, 6) is 0.859. The zero-order chi connectivity index (χ0) is 20.5. The van der Waals surface area contributed by atoms with Crippen molar-refractivity contribution in [2.45, 2.75) is 20.0 Å². The molecule has 0 aliphatic carbocycles. The van der Waals surface area contributed by atoms with Gasteiger partial charge in [-0.15, -0.1) is 11.3 Å². The van der Waals surface area contributed by atoms with Gasteiger partial charge in [0.1, 0.15) is 17.1 Å². The molecule has 2 N–H and O–H groups in total. The van der Waals surface area contributed by atoms with E-state index in [2.05, 4.69) is 20.2 Å². The smallest absolute Gasteiger partial charge is 0.268 e. The summed E-state index contributed by atoms with van der Waals surface area (Å²) >= 11 is 6.65. The van der Waals surface area contributed by atoms with E-state index in [0.717, 1.165) is 11.1 Å². The number of hydrogen-bond donors (Lipinski definition) is 2. The molecule has 4 rings (SSSR count). The Kier molecular flexibility index (Phi) is 5.12. The van der Waals surface area contributed by atoms with Crippen molar-refractivity contribution in [2.24, 2.45) is 0 Å². The van der Waals surface area contributed by atoms with Crippen LogP contribution in [0.4, 0.5) is 0 Å². The molecule has 0 aliphatic rings. The summed E-state index contributed by atoms with van der Waals surface area (Å²) in [6.45, 7) is 2.22. The van der Waals surface area contributed by atoms with Gasteiger partial charge in [0.2, 0.25) is 5.91 Å². The molecule has 0 saturated carbocycles. The minimum Gasteiger partial charge on any atom is -0.337 e. The Morgan fingerprint density at radius 2 is 2.03 bits per heavy atom. The van der Waals surface area contributed by atoms with Gasteiger partial charge in [-0.2, -0.15) is 5.10 Å². The SMILES string of the molecule is Cc1ccc(-c2n[nH]c(=S)n2CC(=O)N(C)Cc2nc3ccsc3c(=O)[nH]2)cc1. The summed E-state index contributed by atoms with van der Waals surface area (Å²) in [4.78, 5) is 33.6. The van der Waals surface area contributed by atoms with Crippen LogP contribution >= 0.6 is 23.6 Å². The summed E-state index contributed by atoms with van der Waals surface area (Å²) in [6.07, 6.45) is 0. The van der Waals surface area contributed by atoms with Crippen molar-refractivity contribution < 1.29 is 4.79 Å². The molecule has 10 heteroatoms. The minimum absolute atomic E-state index is 0.0277. The third kappa shape index (κ3) is 3.89. The number of thiophene rings is 1. The molecular formula is C19H18N6O2S2. The van der Waals surface area contributed by atoms with Gasteiger partial charge in [0.05, 0.1) is 12.1 Å². The van der Waals surface area contributed by atoms with Gasteiger partial charge in [0.15, 0.2) is 10.6 Å². The highest BCUT2D eigenvalue weighted by atomic mass is 32.1. The average Bonchev–Trinajstić information content (AvgIpc) is 3.30. The molecule has 3 aromatic heterocycles. The van der Waals surface area contributed by atoms with Gasteiger partial charge in [-0.1, -0.05) is 29.8 Å². The molecule has 0 spiro atoms. The monoisotopic (exact) mass is 426 g/mol. The summed E-state index contributed by atoms with van der Waals surface area (Å²) in [5.41, 5.74) is 2.44. The first kappa shape index (κ1) is 19.2. The van der Waals surface area contributed by atoms with Crippen LogP contribution in [0.5, 0.6) is 0 Å². The number of hydrogen-bond acceptors (Lipinski definition) is 6. The molecule has 0 bridgehead atoms. The van der Waals surface area contributed by atoms with E-state index in [9.17, 15) is 9.59 Å². The van der Waals surface area contributed by atoms with Crippen LogP contribution in [0.1, 0.15) is 11.4 Å². The number of carbonyl (C=O) groups is 1. The van der Waals surface area contributed by atoms with Crippen LogP contribution in [0, 0.1) is 11.7 Å². The predicted molar refractivity (Wildman–Crippen MR) is 114 cm³/mol. The Morgan fingerprint density at radius 3 is 2.79 bits per heavy atom. The fourth-order valence-corrected chi connectivity index (χ4v) is 3.87. The molecular weight excluding hydrogens is 408 g/mol. The molecule has 0 saturated heterocycles. The number of aromatic nitrogens is 5. The van der Waals surface area contributed by atoms with Crippen molar-refractivity contribution in [2.75, 3.05) is 7.05 Å². The lowest BCUT2D eigenvalue weighted by Crippen LogP contribution is -2.31. The molecule has 0 unspecified atom stereocenters. The fraction of sp³-hybridized carbons (Fsp3) is 0.211. The maximum atomic E-state index is 12.8. The second-order valence-corrected chi connectivity index (χ2v) is 8.00. The Balaban J connectivity index is 1.54. The van der Waals surface area contributed by atoms with Crippen molar-refractivity contribution in [3.63, 3.8) is 0 Å². The van der Waals surface area contributed by atoms with E-state index in [0.29, 0.717) is 26.6 Å². The van der Waals surface area contributed by atoms with E-state index in [1.807, 2.05) is 36.6 Å². The van der Waals surface area contributed by atoms with Crippen molar-refractivity contribution in [3.05, 3.63) is 62.2 Å². The lowest BCUT2D eigenvalue weighted by Gasteiger charge is -2.17. The van der Waals surface area contributed by atoms with Gasteiger partial charge in [-0.05, 0) is 30.6 Å². The van der Waals surface area contributed by atoms with Crippen molar-refractivity contribution in [1.82, 2.24) is 29.6 Å². The topological polar surface area (TPSA) is 99.7 Å². The number of benzene rings is 1. The van der Waals surface area contributed by atoms with Gasteiger partial charge in [-0.25, -0.2) is 4.98 Å². The van der Waals surface area contributed by atoms with Crippen LogP contribution in [0.2, 0.25) is 0 Å². The zero-order valence-corrected chi connectivity index (χ0v) is 17.4. The molecule has 0 aliphatic heterocycles. The molecule has 1 aromatic carbocycles. The van der Waals surface area contributed by atoms with E-state index in [-0.39, 0.29) is 24.6 Å². The lowest BCUT2D eigenvalue weighted by atomic mass is 10.1. The van der Waals surface area contributed by atoms with Crippen LogP contribution in [-0.4, -0.2) is 42.6 Å². The molecule has 3 heterocycles. The summed E-state index contributed by atoms with van der Waals surface area (Å²) in [7, 11) is 1.66. The van der Waals surface area contributed by atoms with E-state index in [1.165, 1.54) is 16.2 Å². The summed E-state index contributed by atoms with van der Waals surface area (Å²) < 4.78 is 2.61. The molecule has 0 fully saturated rings. The second kappa shape index (κ2) is 7.72. The molecule has 0 atom stereocenters. The Morgan fingerprint density at radius 1 is 1.28 bits per heavy atom. The molecule has 8 nitrogen and oxygen atoms in total. The number of fused-ring (bicyclic) bond motifs is 1. The maximum Gasteiger partial charge on any atom is 0.268 e. The van der Waals surface area contributed by atoms with Crippen LogP contribution in [0.25, 0.3) is 21.6 Å². The van der Waals surface area contributed by atoms with E-state index in [4.69, 9.17) is 12.2 Å². The standard InChI is InChI=1S/C19H18N6O2S2/c1-11-3-5-12(6-4-11)17-22-23-19(28)25(17)10-15(26)24(2)9-14-20-13-7-8-29-16(13)18(27)21-14/h3-8H,9-10H2,1-2H3,(H,23,28)(H,20,21,27). The molecule has 29 heavy (non-hydrogen) atoms. The fourth-order valence-electron chi connectivity index (χ4n) is 2.95. The van der Waals surface area contributed by atoms with E-state index < -0.39 is 0 Å². The number of likely N-dealkylation sites (N-methyl/N-ethyl adjacent to an activating group) is 1. The number of aromatic amines is 2. The molecule has 0 radical (unpaired) electrons. The van der Waals surface area contributed by atoms with Crippen molar-refractivity contribution in [1.29, 1.82) is 0 Å². The Labute approximate surface area is 174 Å². The molecule has 148 valence electrons. The number of aryl methyl sites for hydroxylation is 1. The van der Waals surface area contributed by atoms with Crippen LogP contribution in [0.3, 0.4) is 0 Å². The first-order valence-electron chi connectivity index (χ1n) is 8.85. The highest BCUT2D eigenvalue weighted by Gasteiger charge is 2.17. The predicted octanol–water partition coefficient (Wildman–Crippen LogP) is 2.87. The van der Waals surface area contributed by atoms with Crippen molar-refractivity contribution >= 4 is 39.7 Å². The third-order valence-corrected chi connectivity index (χ3v) is 5.75. The normalized spacial score (nSPS) is 11.1. The third-order valence-electron chi connectivity index (χ3n) is 4.54. The quantitative estimate of drug-likeness (QED) is 0.478. The van der Waals surface area contributed by atoms with Crippen LogP contribution in [0.15, 0.2) is 40.5 Å². The lowest BCUT2D eigenvalue weighted by molar-refractivity contribution is -0.131. The highest BCUT2D eigenvalue weighted by molar-refractivity contribution is 7.71. The highest BCUT2D eigenvalue weighted by Crippen LogP contribution is 2.18. The Bertz CT molecular complexity index is 1300. The van der Waals surface area contributed by atoms with E-state index >= 15 is 0 Å². The number of carbonyl (C=O) groups excluding carboxylic acids is 1. The van der Waals surface area contributed by atoms with Gasteiger partial charge < -0.3 is 9.88 Å². The maximum absolute atomic E-state index is 12.8. The first-order valence-corrected chi connectivity index (χ1v) is 10.1. The van der Waals surface area contributed by atoms with Gasteiger partial charge >= 0.3 is 0 Å². The first-order chi connectivity index (χ1) is 13.9. The summed E-state index contributed by atoms with van der Waals surface area (Å²) in [6, 6.07) is 9.63. The Hall–Kier alpha value is -3.11.